The van der Waals surface area contributed by atoms with Crippen LogP contribution in [0.25, 0.3) is 11.3 Å². The Labute approximate surface area is 105 Å². The maximum Gasteiger partial charge on any atom is 0.222 e. The average molecular weight is 250 g/mol. The topological polar surface area (TPSA) is 61.3 Å². The van der Waals surface area contributed by atoms with Crippen molar-refractivity contribution < 1.29 is 13.7 Å². The normalized spacial score (nSPS) is 11.6. The van der Waals surface area contributed by atoms with Crippen LogP contribution < -0.4 is 10.5 Å². The third-order valence-electron chi connectivity index (χ3n) is 2.69. The molecular weight excluding hydrogens is 235 g/mol. The van der Waals surface area contributed by atoms with Crippen LogP contribution in [0.3, 0.4) is 0 Å². The molecule has 0 aliphatic carbocycles. The molecule has 0 spiro atoms. The van der Waals surface area contributed by atoms with Gasteiger partial charge in [-0.05, 0) is 31.5 Å². The summed E-state index contributed by atoms with van der Waals surface area (Å²) in [5, 5.41) is 3.82. The summed E-state index contributed by atoms with van der Waals surface area (Å²) < 4.78 is 24.0. The molecule has 5 heteroatoms. The van der Waals surface area contributed by atoms with Crippen molar-refractivity contribution in [2.45, 2.75) is 19.5 Å². The van der Waals surface area contributed by atoms with E-state index in [0.29, 0.717) is 22.6 Å². The van der Waals surface area contributed by atoms with Crippen LogP contribution in [-0.2, 0) is 5.67 Å². The Morgan fingerprint density at radius 1 is 1.33 bits per heavy atom. The first-order chi connectivity index (χ1) is 8.41. The zero-order chi connectivity index (χ0) is 13.3. The number of nitrogens with two attached hydrogens (primary N) is 1. The molecule has 0 radical (unpaired) electrons. The number of benzene rings is 1. The number of nitrogen functional groups attached to an aromatic ring is 1. The van der Waals surface area contributed by atoms with Crippen LogP contribution in [0.5, 0.6) is 5.75 Å². The lowest BCUT2D eigenvalue weighted by molar-refractivity contribution is 0.221. The molecule has 2 aromatic rings. The van der Waals surface area contributed by atoms with E-state index in [-0.39, 0.29) is 5.88 Å². The van der Waals surface area contributed by atoms with Crippen LogP contribution in [0.2, 0.25) is 0 Å². The molecule has 2 N–H and O–H groups in total. The molecule has 0 bridgehead atoms. The highest BCUT2D eigenvalue weighted by atomic mass is 19.1. The largest absolute Gasteiger partial charge is 0.496 e. The molecule has 1 aromatic heterocycles. The van der Waals surface area contributed by atoms with Gasteiger partial charge >= 0.3 is 0 Å². The molecule has 1 aromatic carbocycles. The molecule has 0 atom stereocenters. The minimum Gasteiger partial charge on any atom is -0.496 e. The standard InChI is InChI=1S/C13H15FN2O2/c1-13(2,14)8-4-5-11(17-3)9(6-8)10-7-12(15)18-16-10/h4-7H,15H2,1-3H3. The number of hydrogen-bond donors (Lipinski definition) is 1. The van der Waals surface area contributed by atoms with Crippen molar-refractivity contribution in [3.8, 4) is 17.0 Å². The Morgan fingerprint density at radius 2 is 2.06 bits per heavy atom. The van der Waals surface area contributed by atoms with Crippen LogP contribution in [0.15, 0.2) is 28.8 Å². The fourth-order valence-corrected chi connectivity index (χ4v) is 1.69. The van der Waals surface area contributed by atoms with E-state index in [9.17, 15) is 4.39 Å². The Hall–Kier alpha value is -2.04. The first-order valence-electron chi connectivity index (χ1n) is 5.52. The third-order valence-corrected chi connectivity index (χ3v) is 2.69. The number of aromatic nitrogens is 1. The van der Waals surface area contributed by atoms with Crippen LogP contribution in [0.1, 0.15) is 19.4 Å². The van der Waals surface area contributed by atoms with Gasteiger partial charge < -0.3 is 15.0 Å². The second kappa shape index (κ2) is 4.33. The summed E-state index contributed by atoms with van der Waals surface area (Å²) in [7, 11) is 1.54. The fraction of sp³-hybridized carbons (Fsp3) is 0.308. The summed E-state index contributed by atoms with van der Waals surface area (Å²) in [6.07, 6.45) is 0. The smallest absolute Gasteiger partial charge is 0.222 e. The average Bonchev–Trinajstić information content (AvgIpc) is 2.73. The van der Waals surface area contributed by atoms with Gasteiger partial charge in [0.15, 0.2) is 0 Å². The molecular formula is C13H15FN2O2. The summed E-state index contributed by atoms with van der Waals surface area (Å²) in [5.41, 5.74) is 5.77. The predicted octanol–water partition coefficient (Wildman–Crippen LogP) is 3.14. The molecule has 4 nitrogen and oxygen atoms in total. The van der Waals surface area contributed by atoms with Gasteiger partial charge in [-0.25, -0.2) is 4.39 Å². The van der Waals surface area contributed by atoms with Gasteiger partial charge in [-0.3, -0.25) is 0 Å². The lowest BCUT2D eigenvalue weighted by Gasteiger charge is -2.16. The molecule has 18 heavy (non-hydrogen) atoms. The van der Waals surface area contributed by atoms with E-state index in [1.54, 1.807) is 31.4 Å². The second-order valence-corrected chi connectivity index (χ2v) is 4.50. The Bertz CT molecular complexity index is 558. The van der Waals surface area contributed by atoms with Crippen molar-refractivity contribution in [3.63, 3.8) is 0 Å². The van der Waals surface area contributed by atoms with Gasteiger partial charge in [0.2, 0.25) is 5.88 Å². The highest BCUT2D eigenvalue weighted by Gasteiger charge is 2.21. The van der Waals surface area contributed by atoms with Crippen molar-refractivity contribution in [2.75, 3.05) is 12.8 Å². The Balaban J connectivity index is 2.56. The minimum atomic E-state index is -1.43. The number of hydrogen-bond acceptors (Lipinski definition) is 4. The van der Waals surface area contributed by atoms with Gasteiger partial charge in [0.05, 0.1) is 7.11 Å². The maximum absolute atomic E-state index is 13.9. The maximum atomic E-state index is 13.9. The van der Waals surface area contributed by atoms with Gasteiger partial charge in [-0.2, -0.15) is 0 Å². The van der Waals surface area contributed by atoms with Crippen LogP contribution in [-0.4, -0.2) is 12.3 Å². The van der Waals surface area contributed by atoms with E-state index in [1.807, 2.05) is 0 Å². The van der Waals surface area contributed by atoms with Crippen molar-refractivity contribution >= 4 is 5.88 Å². The summed E-state index contributed by atoms with van der Waals surface area (Å²) in [6.45, 7) is 2.99. The highest BCUT2D eigenvalue weighted by molar-refractivity contribution is 5.69. The van der Waals surface area contributed by atoms with E-state index in [0.717, 1.165) is 0 Å². The Morgan fingerprint density at radius 3 is 2.56 bits per heavy atom. The lowest BCUT2D eigenvalue weighted by atomic mass is 9.96. The summed E-state index contributed by atoms with van der Waals surface area (Å²) in [5.74, 6) is 0.799. The SMILES string of the molecule is COc1ccc(C(C)(C)F)cc1-c1cc(N)on1. The quantitative estimate of drug-likeness (QED) is 0.909. The third kappa shape index (κ3) is 2.30. The molecule has 2 rings (SSSR count). The number of nitrogens with zero attached hydrogens (tertiary/aromatic N) is 1. The second-order valence-electron chi connectivity index (χ2n) is 4.50. The molecule has 96 valence electrons. The monoisotopic (exact) mass is 250 g/mol. The van der Waals surface area contributed by atoms with Gasteiger partial charge in [0.1, 0.15) is 17.1 Å². The summed E-state index contributed by atoms with van der Waals surface area (Å²) in [6, 6.07) is 6.66. The van der Waals surface area contributed by atoms with Gasteiger partial charge in [0, 0.05) is 11.6 Å². The number of anilines is 1. The molecule has 0 aliphatic heterocycles. The minimum absolute atomic E-state index is 0.206. The molecule has 1 heterocycles. The molecule has 0 aliphatic rings. The summed E-state index contributed by atoms with van der Waals surface area (Å²) in [4.78, 5) is 0. The lowest BCUT2D eigenvalue weighted by Crippen LogP contribution is -2.09. The number of halogens is 1. The van der Waals surface area contributed by atoms with Crippen LogP contribution in [0, 0.1) is 0 Å². The van der Waals surface area contributed by atoms with E-state index in [1.165, 1.54) is 13.8 Å². The van der Waals surface area contributed by atoms with Crippen molar-refractivity contribution in [1.82, 2.24) is 5.16 Å². The molecule has 0 saturated heterocycles. The van der Waals surface area contributed by atoms with Crippen molar-refractivity contribution in [3.05, 3.63) is 29.8 Å². The van der Waals surface area contributed by atoms with Crippen molar-refractivity contribution in [2.24, 2.45) is 0 Å². The number of ether oxygens (including phenoxy) is 1. The van der Waals surface area contributed by atoms with Crippen molar-refractivity contribution in [1.29, 1.82) is 0 Å². The first-order valence-corrected chi connectivity index (χ1v) is 5.52. The van der Waals surface area contributed by atoms with E-state index in [2.05, 4.69) is 5.16 Å². The fourth-order valence-electron chi connectivity index (χ4n) is 1.69. The predicted molar refractivity (Wildman–Crippen MR) is 67.0 cm³/mol. The van der Waals surface area contributed by atoms with Crippen LogP contribution in [0.4, 0.5) is 10.3 Å². The van der Waals surface area contributed by atoms with Gasteiger partial charge in [-0.15, -0.1) is 0 Å². The highest BCUT2D eigenvalue weighted by Crippen LogP contribution is 2.35. The van der Waals surface area contributed by atoms with Crippen LogP contribution >= 0.6 is 0 Å². The molecule has 0 unspecified atom stereocenters. The zero-order valence-electron chi connectivity index (χ0n) is 10.5. The van der Waals surface area contributed by atoms with E-state index < -0.39 is 5.67 Å². The number of methoxy groups -OCH3 is 1. The Kier molecular flexibility index (Phi) is 2.98. The molecule has 0 fully saturated rings. The van der Waals surface area contributed by atoms with E-state index in [4.69, 9.17) is 15.0 Å². The summed E-state index contributed by atoms with van der Waals surface area (Å²) >= 11 is 0. The first kappa shape index (κ1) is 12.4. The van der Waals surface area contributed by atoms with E-state index >= 15 is 0 Å². The van der Waals surface area contributed by atoms with Gasteiger partial charge in [-0.1, -0.05) is 11.2 Å². The number of alkyl halides is 1. The van der Waals surface area contributed by atoms with Gasteiger partial charge in [0.25, 0.3) is 0 Å². The zero-order valence-corrected chi connectivity index (χ0v) is 10.5. The number of rotatable bonds is 3. The molecule has 0 saturated carbocycles. The molecule has 0 amide bonds.